The summed E-state index contributed by atoms with van der Waals surface area (Å²) in [5, 5.41) is 2.87. The molecule has 1 atom stereocenters. The van der Waals surface area contributed by atoms with Crippen LogP contribution in [-0.4, -0.2) is 22.0 Å². The summed E-state index contributed by atoms with van der Waals surface area (Å²) in [5.41, 5.74) is 7.18. The summed E-state index contributed by atoms with van der Waals surface area (Å²) in [6, 6.07) is -0.0128. The summed E-state index contributed by atoms with van der Waals surface area (Å²) in [4.78, 5) is 15.7. The Kier molecular flexibility index (Phi) is 6.56. The normalized spacial score (nSPS) is 12.7. The molecule has 0 bridgehead atoms. The Morgan fingerprint density at radius 2 is 2.26 bits per heavy atom. The molecule has 5 heteroatoms. The maximum absolute atomic E-state index is 11.6. The van der Waals surface area contributed by atoms with E-state index >= 15 is 0 Å². The zero-order valence-electron chi connectivity index (χ0n) is 12.2. The molecule has 0 aromatic carbocycles. The summed E-state index contributed by atoms with van der Waals surface area (Å²) < 4.78 is 1.98. The molecule has 1 aromatic heterocycles. The number of imidazole rings is 1. The van der Waals surface area contributed by atoms with Crippen LogP contribution in [0.3, 0.4) is 0 Å². The average Bonchev–Trinajstić information content (AvgIpc) is 2.81. The number of nitrogens with zero attached hydrogens (tertiary/aromatic N) is 2. The molecular weight excluding hydrogens is 240 g/mol. The van der Waals surface area contributed by atoms with E-state index < -0.39 is 0 Å². The average molecular weight is 266 g/mol. The van der Waals surface area contributed by atoms with Crippen LogP contribution >= 0.6 is 0 Å². The van der Waals surface area contributed by atoms with Gasteiger partial charge in [0.25, 0.3) is 0 Å². The molecule has 0 aliphatic carbocycles. The van der Waals surface area contributed by atoms with Crippen molar-refractivity contribution in [2.75, 3.05) is 6.54 Å². The van der Waals surface area contributed by atoms with Crippen LogP contribution in [-0.2, 0) is 11.3 Å². The fourth-order valence-electron chi connectivity index (χ4n) is 2.03. The Morgan fingerprint density at radius 3 is 2.89 bits per heavy atom. The van der Waals surface area contributed by atoms with E-state index in [1.165, 1.54) is 0 Å². The maximum Gasteiger partial charge on any atom is 0.221 e. The molecule has 1 rings (SSSR count). The van der Waals surface area contributed by atoms with Gasteiger partial charge in [-0.25, -0.2) is 4.98 Å². The third-order valence-electron chi connectivity index (χ3n) is 3.00. The number of hydrogen-bond donors (Lipinski definition) is 2. The number of carbonyl (C=O) groups is 1. The molecule has 0 aliphatic rings. The minimum atomic E-state index is -0.0128. The number of hydrogen-bond acceptors (Lipinski definition) is 3. The quantitative estimate of drug-likeness (QED) is 0.754. The van der Waals surface area contributed by atoms with Crippen molar-refractivity contribution in [2.45, 2.75) is 52.6 Å². The van der Waals surface area contributed by atoms with Gasteiger partial charge in [0.2, 0.25) is 5.91 Å². The Hall–Kier alpha value is -1.36. The Labute approximate surface area is 115 Å². The van der Waals surface area contributed by atoms with Gasteiger partial charge in [0, 0.05) is 31.7 Å². The van der Waals surface area contributed by atoms with Gasteiger partial charge in [0.05, 0.1) is 12.0 Å². The van der Waals surface area contributed by atoms with E-state index in [-0.39, 0.29) is 11.9 Å². The molecule has 0 aliphatic heterocycles. The molecule has 0 radical (unpaired) electrons. The van der Waals surface area contributed by atoms with Crippen LogP contribution in [0.25, 0.3) is 0 Å². The first-order chi connectivity index (χ1) is 9.04. The first-order valence-corrected chi connectivity index (χ1v) is 7.06. The van der Waals surface area contributed by atoms with Crippen molar-refractivity contribution in [1.29, 1.82) is 0 Å². The van der Waals surface area contributed by atoms with E-state index in [1.807, 2.05) is 11.5 Å². The standard InChI is InChI=1S/C14H26N4O/c1-4-6-17-14(19)5-7-18-10-16-9-13(18)12(15)8-11(2)3/h9-12H,4-8,15H2,1-3H3,(H,17,19). The smallest absolute Gasteiger partial charge is 0.221 e. The van der Waals surface area contributed by atoms with E-state index in [0.29, 0.717) is 18.9 Å². The van der Waals surface area contributed by atoms with Crippen LogP contribution in [0.2, 0.25) is 0 Å². The van der Waals surface area contributed by atoms with Gasteiger partial charge in [-0.15, -0.1) is 0 Å². The fraction of sp³-hybridized carbons (Fsp3) is 0.714. The molecule has 3 N–H and O–H groups in total. The van der Waals surface area contributed by atoms with Crippen LogP contribution in [0.1, 0.15) is 51.8 Å². The molecule has 0 saturated carbocycles. The van der Waals surface area contributed by atoms with E-state index in [9.17, 15) is 4.79 Å². The molecule has 0 saturated heterocycles. The van der Waals surface area contributed by atoms with Crippen molar-refractivity contribution in [1.82, 2.24) is 14.9 Å². The summed E-state index contributed by atoms with van der Waals surface area (Å²) >= 11 is 0. The second-order valence-electron chi connectivity index (χ2n) is 5.35. The van der Waals surface area contributed by atoms with Crippen molar-refractivity contribution < 1.29 is 4.79 Å². The number of nitrogens with two attached hydrogens (primary N) is 1. The van der Waals surface area contributed by atoms with Gasteiger partial charge in [-0.3, -0.25) is 4.79 Å². The van der Waals surface area contributed by atoms with Crippen molar-refractivity contribution in [3.8, 4) is 0 Å². The Balaban J connectivity index is 2.50. The molecule has 19 heavy (non-hydrogen) atoms. The van der Waals surface area contributed by atoms with Crippen LogP contribution in [0, 0.1) is 5.92 Å². The van der Waals surface area contributed by atoms with E-state index in [2.05, 4.69) is 24.1 Å². The number of rotatable bonds is 8. The van der Waals surface area contributed by atoms with Gasteiger partial charge in [-0.05, 0) is 18.8 Å². The maximum atomic E-state index is 11.6. The summed E-state index contributed by atoms with van der Waals surface area (Å²) in [5.74, 6) is 0.630. The van der Waals surface area contributed by atoms with Gasteiger partial charge >= 0.3 is 0 Å². The number of aryl methyl sites for hydroxylation is 1. The highest BCUT2D eigenvalue weighted by Gasteiger charge is 2.13. The lowest BCUT2D eigenvalue weighted by molar-refractivity contribution is -0.121. The van der Waals surface area contributed by atoms with Gasteiger partial charge in [0.15, 0.2) is 0 Å². The predicted octanol–water partition coefficient (Wildman–Crippen LogP) is 1.85. The monoisotopic (exact) mass is 266 g/mol. The highest BCUT2D eigenvalue weighted by molar-refractivity contribution is 5.75. The molecule has 1 heterocycles. The number of amides is 1. The molecule has 108 valence electrons. The third kappa shape index (κ3) is 5.42. The van der Waals surface area contributed by atoms with Crippen molar-refractivity contribution in [3.63, 3.8) is 0 Å². The van der Waals surface area contributed by atoms with Crippen LogP contribution in [0.4, 0.5) is 0 Å². The molecule has 5 nitrogen and oxygen atoms in total. The van der Waals surface area contributed by atoms with Crippen molar-refractivity contribution in [3.05, 3.63) is 18.2 Å². The lowest BCUT2D eigenvalue weighted by Gasteiger charge is -2.16. The van der Waals surface area contributed by atoms with Gasteiger partial charge in [-0.1, -0.05) is 20.8 Å². The van der Waals surface area contributed by atoms with Crippen molar-refractivity contribution >= 4 is 5.91 Å². The van der Waals surface area contributed by atoms with Crippen LogP contribution < -0.4 is 11.1 Å². The topological polar surface area (TPSA) is 72.9 Å². The van der Waals surface area contributed by atoms with E-state index in [4.69, 9.17) is 5.73 Å². The fourth-order valence-corrected chi connectivity index (χ4v) is 2.03. The zero-order chi connectivity index (χ0) is 14.3. The molecule has 1 aromatic rings. The predicted molar refractivity (Wildman–Crippen MR) is 76.5 cm³/mol. The third-order valence-corrected chi connectivity index (χ3v) is 3.00. The summed E-state index contributed by atoms with van der Waals surface area (Å²) in [6.07, 6.45) is 5.91. The van der Waals surface area contributed by atoms with E-state index in [0.717, 1.165) is 25.1 Å². The summed E-state index contributed by atoms with van der Waals surface area (Å²) in [6.45, 7) is 7.72. The SMILES string of the molecule is CCCNC(=O)CCn1cncc1C(N)CC(C)C. The molecule has 0 fully saturated rings. The van der Waals surface area contributed by atoms with Gasteiger partial charge in [0.1, 0.15) is 0 Å². The largest absolute Gasteiger partial charge is 0.356 e. The number of nitrogens with one attached hydrogen (secondary N) is 1. The highest BCUT2D eigenvalue weighted by Crippen LogP contribution is 2.18. The minimum Gasteiger partial charge on any atom is -0.356 e. The molecule has 0 spiro atoms. The number of carbonyl (C=O) groups excluding carboxylic acids is 1. The lowest BCUT2D eigenvalue weighted by atomic mass is 10.0. The molecule has 1 amide bonds. The lowest BCUT2D eigenvalue weighted by Crippen LogP contribution is -2.25. The Morgan fingerprint density at radius 1 is 1.53 bits per heavy atom. The Bertz CT molecular complexity index is 387. The molecule has 1 unspecified atom stereocenters. The van der Waals surface area contributed by atoms with Gasteiger partial charge in [-0.2, -0.15) is 0 Å². The second-order valence-corrected chi connectivity index (χ2v) is 5.35. The number of aromatic nitrogens is 2. The summed E-state index contributed by atoms with van der Waals surface area (Å²) in [7, 11) is 0. The van der Waals surface area contributed by atoms with Crippen LogP contribution in [0.15, 0.2) is 12.5 Å². The minimum absolute atomic E-state index is 0.0128. The van der Waals surface area contributed by atoms with Gasteiger partial charge < -0.3 is 15.6 Å². The van der Waals surface area contributed by atoms with Crippen LogP contribution in [0.5, 0.6) is 0 Å². The first-order valence-electron chi connectivity index (χ1n) is 7.06. The van der Waals surface area contributed by atoms with E-state index in [1.54, 1.807) is 12.5 Å². The highest BCUT2D eigenvalue weighted by atomic mass is 16.1. The first kappa shape index (κ1) is 15.7. The zero-order valence-corrected chi connectivity index (χ0v) is 12.2. The second kappa shape index (κ2) is 7.94. The molecular formula is C14H26N4O. The van der Waals surface area contributed by atoms with Crippen molar-refractivity contribution in [2.24, 2.45) is 11.7 Å².